The first-order valence-corrected chi connectivity index (χ1v) is 7.07. The van der Waals surface area contributed by atoms with Gasteiger partial charge in [0, 0.05) is 17.7 Å². The van der Waals surface area contributed by atoms with Crippen molar-refractivity contribution in [2.45, 2.75) is 44.2 Å². The number of carboxylic acids is 1. The second-order valence-corrected chi connectivity index (χ2v) is 5.50. The largest absolute Gasteiger partial charge is 0.476 e. The van der Waals surface area contributed by atoms with E-state index in [9.17, 15) is 18.0 Å². The van der Waals surface area contributed by atoms with Gasteiger partial charge in [-0.15, -0.1) is 0 Å². The van der Waals surface area contributed by atoms with Crippen molar-refractivity contribution in [1.29, 1.82) is 0 Å². The molecule has 0 unspecified atom stereocenters. The van der Waals surface area contributed by atoms with Gasteiger partial charge < -0.3 is 5.11 Å². The van der Waals surface area contributed by atoms with Crippen molar-refractivity contribution in [3.63, 3.8) is 0 Å². The van der Waals surface area contributed by atoms with Crippen LogP contribution in [0.5, 0.6) is 0 Å². The van der Waals surface area contributed by atoms with Crippen molar-refractivity contribution in [3.05, 3.63) is 29.2 Å². The molecule has 0 aromatic carbocycles. The number of aromatic nitrogens is 3. The molecule has 1 aliphatic rings. The predicted molar refractivity (Wildman–Crippen MR) is 70.8 cm³/mol. The number of nitrogens with zero attached hydrogens (tertiary/aromatic N) is 3. The maximum Gasteiger partial charge on any atom is 0.433 e. The molecule has 1 N–H and O–H groups in total. The van der Waals surface area contributed by atoms with Crippen LogP contribution in [0.4, 0.5) is 13.2 Å². The van der Waals surface area contributed by atoms with E-state index < -0.39 is 23.5 Å². The highest BCUT2D eigenvalue weighted by molar-refractivity contribution is 5.86. The SMILES string of the molecule is O=C(O)c1cc2nc(C3CCCCC3)cc(C(F)(F)F)n2n1. The fourth-order valence-electron chi connectivity index (χ4n) is 2.91. The monoisotopic (exact) mass is 313 g/mol. The van der Waals surface area contributed by atoms with Gasteiger partial charge >= 0.3 is 12.1 Å². The maximum atomic E-state index is 13.2. The summed E-state index contributed by atoms with van der Waals surface area (Å²) in [5, 5.41) is 12.4. The van der Waals surface area contributed by atoms with Gasteiger partial charge in [-0.2, -0.15) is 18.3 Å². The molecule has 0 spiro atoms. The van der Waals surface area contributed by atoms with E-state index in [0.717, 1.165) is 44.2 Å². The number of halogens is 3. The number of carboxylic acid groups (broad SMARTS) is 1. The van der Waals surface area contributed by atoms with E-state index in [1.807, 2.05) is 0 Å². The van der Waals surface area contributed by atoms with Gasteiger partial charge in [-0.1, -0.05) is 19.3 Å². The van der Waals surface area contributed by atoms with E-state index in [1.165, 1.54) is 0 Å². The average molecular weight is 313 g/mol. The normalized spacial score (nSPS) is 17.0. The molecule has 0 bridgehead atoms. The Balaban J connectivity index is 2.16. The Bertz CT molecular complexity index is 718. The first kappa shape index (κ1) is 14.8. The minimum atomic E-state index is -4.62. The molecule has 0 aliphatic heterocycles. The van der Waals surface area contributed by atoms with Crippen LogP contribution in [0.1, 0.15) is 59.9 Å². The number of carbonyl (C=O) groups is 1. The zero-order valence-electron chi connectivity index (χ0n) is 11.6. The highest BCUT2D eigenvalue weighted by atomic mass is 19.4. The van der Waals surface area contributed by atoms with Gasteiger partial charge in [-0.25, -0.2) is 14.3 Å². The molecule has 0 radical (unpaired) electrons. The Morgan fingerprint density at radius 1 is 1.23 bits per heavy atom. The molecule has 3 rings (SSSR count). The highest BCUT2D eigenvalue weighted by Crippen LogP contribution is 2.35. The molecule has 0 saturated heterocycles. The molecule has 5 nitrogen and oxygen atoms in total. The molecule has 0 atom stereocenters. The molecule has 1 fully saturated rings. The summed E-state index contributed by atoms with van der Waals surface area (Å²) >= 11 is 0. The van der Waals surface area contributed by atoms with E-state index in [2.05, 4.69) is 10.1 Å². The number of rotatable bonds is 2. The first-order valence-electron chi connectivity index (χ1n) is 7.07. The third kappa shape index (κ3) is 2.65. The Kier molecular flexibility index (Phi) is 3.54. The maximum absolute atomic E-state index is 13.2. The molecule has 1 saturated carbocycles. The molecule has 118 valence electrons. The fraction of sp³-hybridized carbons (Fsp3) is 0.500. The average Bonchev–Trinajstić information content (AvgIpc) is 2.90. The van der Waals surface area contributed by atoms with Crippen LogP contribution < -0.4 is 0 Å². The summed E-state index contributed by atoms with van der Waals surface area (Å²) in [6, 6.07) is 2.07. The smallest absolute Gasteiger partial charge is 0.433 e. The van der Waals surface area contributed by atoms with Crippen LogP contribution in [0.15, 0.2) is 12.1 Å². The van der Waals surface area contributed by atoms with Gasteiger partial charge in [-0.05, 0) is 18.9 Å². The zero-order valence-corrected chi connectivity index (χ0v) is 11.6. The first-order chi connectivity index (χ1) is 10.4. The predicted octanol–water partition coefficient (Wildman–Crippen LogP) is 3.49. The van der Waals surface area contributed by atoms with Crippen LogP contribution in [-0.4, -0.2) is 25.7 Å². The Morgan fingerprint density at radius 3 is 2.50 bits per heavy atom. The molecule has 1 aliphatic carbocycles. The second kappa shape index (κ2) is 5.26. The van der Waals surface area contributed by atoms with Gasteiger partial charge in [0.15, 0.2) is 11.3 Å². The third-order valence-corrected chi connectivity index (χ3v) is 3.98. The molecule has 2 aromatic rings. The van der Waals surface area contributed by atoms with Crippen molar-refractivity contribution in [2.75, 3.05) is 0 Å². The van der Waals surface area contributed by atoms with E-state index in [1.54, 1.807) is 0 Å². The van der Waals surface area contributed by atoms with Crippen LogP contribution in [-0.2, 0) is 6.18 Å². The van der Waals surface area contributed by atoms with Gasteiger partial charge in [0.1, 0.15) is 5.69 Å². The Hall–Kier alpha value is -2.12. The van der Waals surface area contributed by atoms with Crippen LogP contribution in [0.3, 0.4) is 0 Å². The molecule has 2 heterocycles. The summed E-state index contributed by atoms with van der Waals surface area (Å²) in [4.78, 5) is 15.1. The lowest BCUT2D eigenvalue weighted by Crippen LogP contribution is -2.16. The summed E-state index contributed by atoms with van der Waals surface area (Å²) in [7, 11) is 0. The minimum absolute atomic E-state index is 0.0111. The number of fused-ring (bicyclic) bond motifs is 1. The van der Waals surface area contributed by atoms with Crippen LogP contribution >= 0.6 is 0 Å². The van der Waals surface area contributed by atoms with E-state index in [4.69, 9.17) is 5.11 Å². The lowest BCUT2D eigenvalue weighted by Gasteiger charge is -2.22. The van der Waals surface area contributed by atoms with Crippen LogP contribution in [0.2, 0.25) is 0 Å². The number of hydrogen-bond donors (Lipinski definition) is 1. The minimum Gasteiger partial charge on any atom is -0.476 e. The van der Waals surface area contributed by atoms with Gasteiger partial charge in [-0.3, -0.25) is 0 Å². The molecular formula is C14H14F3N3O2. The van der Waals surface area contributed by atoms with E-state index in [0.29, 0.717) is 10.2 Å². The number of hydrogen-bond acceptors (Lipinski definition) is 3. The summed E-state index contributed by atoms with van der Waals surface area (Å²) in [6.45, 7) is 0. The lowest BCUT2D eigenvalue weighted by atomic mass is 9.86. The van der Waals surface area contributed by atoms with Gasteiger partial charge in [0.2, 0.25) is 0 Å². The molecule has 0 amide bonds. The van der Waals surface area contributed by atoms with Gasteiger partial charge in [0.05, 0.1) is 0 Å². The van der Waals surface area contributed by atoms with E-state index in [-0.39, 0.29) is 11.6 Å². The van der Waals surface area contributed by atoms with Crippen LogP contribution in [0.25, 0.3) is 5.65 Å². The molecular weight excluding hydrogens is 299 g/mol. The van der Waals surface area contributed by atoms with Crippen molar-refractivity contribution in [1.82, 2.24) is 14.6 Å². The standard InChI is InChI=1S/C14H14F3N3O2/c15-14(16,17)11-6-9(8-4-2-1-3-5-8)18-12-7-10(13(21)22)19-20(11)12/h6-8H,1-5H2,(H,21,22). The summed E-state index contributed by atoms with van der Waals surface area (Å²) in [6.07, 6.45) is 0.0188. The molecule has 2 aromatic heterocycles. The third-order valence-electron chi connectivity index (χ3n) is 3.98. The van der Waals surface area contributed by atoms with Crippen molar-refractivity contribution >= 4 is 11.6 Å². The van der Waals surface area contributed by atoms with E-state index >= 15 is 0 Å². The summed E-state index contributed by atoms with van der Waals surface area (Å²) in [5.41, 5.74) is -1.13. The Morgan fingerprint density at radius 2 is 1.91 bits per heavy atom. The quantitative estimate of drug-likeness (QED) is 0.921. The second-order valence-electron chi connectivity index (χ2n) is 5.50. The zero-order chi connectivity index (χ0) is 15.9. The summed E-state index contributed by atoms with van der Waals surface area (Å²) in [5.74, 6) is -1.39. The van der Waals surface area contributed by atoms with Crippen molar-refractivity contribution in [3.8, 4) is 0 Å². The summed E-state index contributed by atoms with van der Waals surface area (Å²) < 4.78 is 40.3. The lowest BCUT2D eigenvalue weighted by molar-refractivity contribution is -0.142. The van der Waals surface area contributed by atoms with Gasteiger partial charge in [0.25, 0.3) is 0 Å². The van der Waals surface area contributed by atoms with Crippen LogP contribution in [0, 0.1) is 0 Å². The van der Waals surface area contributed by atoms with Crippen molar-refractivity contribution < 1.29 is 23.1 Å². The topological polar surface area (TPSA) is 67.5 Å². The Labute approximate surface area is 123 Å². The fourth-order valence-corrected chi connectivity index (χ4v) is 2.91. The molecule has 8 heteroatoms. The number of alkyl halides is 3. The van der Waals surface area contributed by atoms with Crippen molar-refractivity contribution in [2.24, 2.45) is 0 Å². The highest BCUT2D eigenvalue weighted by Gasteiger charge is 2.36. The molecule has 22 heavy (non-hydrogen) atoms. The number of aromatic carboxylic acids is 1.